The van der Waals surface area contributed by atoms with E-state index in [4.69, 9.17) is 4.74 Å². The van der Waals surface area contributed by atoms with Crippen LogP contribution in [-0.4, -0.2) is 39.7 Å². The van der Waals surface area contributed by atoms with Crippen LogP contribution in [0.5, 0.6) is 5.75 Å². The van der Waals surface area contributed by atoms with Crippen molar-refractivity contribution in [1.82, 2.24) is 20.1 Å². The van der Waals surface area contributed by atoms with Gasteiger partial charge in [-0.15, -0.1) is 0 Å². The van der Waals surface area contributed by atoms with Crippen molar-refractivity contribution >= 4 is 10.9 Å². The van der Waals surface area contributed by atoms with E-state index in [1.165, 1.54) is 10.7 Å². The van der Waals surface area contributed by atoms with Crippen molar-refractivity contribution in [3.63, 3.8) is 0 Å². The maximum absolute atomic E-state index is 15.1. The van der Waals surface area contributed by atoms with Gasteiger partial charge in [-0.3, -0.25) is 9.67 Å². The molecular formula is C29H31F5N4O2. The highest BCUT2D eigenvalue weighted by Crippen LogP contribution is 2.47. The number of rotatable bonds is 9. The van der Waals surface area contributed by atoms with Gasteiger partial charge in [-0.2, -0.15) is 22.7 Å². The van der Waals surface area contributed by atoms with Crippen molar-refractivity contribution in [3.05, 3.63) is 76.7 Å². The fourth-order valence-electron chi connectivity index (χ4n) is 4.57. The normalized spacial score (nSPS) is 13.2. The molecule has 0 amide bonds. The highest BCUT2D eigenvalue weighted by molar-refractivity contribution is 5.88. The lowest BCUT2D eigenvalue weighted by atomic mass is 9.82. The number of benzene rings is 2. The molecule has 0 aliphatic rings. The van der Waals surface area contributed by atoms with Gasteiger partial charge < -0.3 is 15.2 Å². The Balaban J connectivity index is 1.67. The van der Waals surface area contributed by atoms with Crippen molar-refractivity contribution in [3.8, 4) is 16.9 Å². The molecule has 4 rings (SSSR count). The minimum absolute atomic E-state index is 0.00333. The Labute approximate surface area is 228 Å². The number of nitrogens with one attached hydrogen (secondary N) is 1. The van der Waals surface area contributed by atoms with Crippen LogP contribution in [0.2, 0.25) is 0 Å². The molecule has 0 saturated carbocycles. The van der Waals surface area contributed by atoms with Crippen LogP contribution < -0.4 is 10.1 Å². The summed E-state index contributed by atoms with van der Waals surface area (Å²) < 4.78 is 77.4. The van der Waals surface area contributed by atoms with Crippen LogP contribution in [0.25, 0.3) is 22.0 Å². The molecule has 0 aliphatic heterocycles. The fraction of sp³-hybridized carbons (Fsp3) is 0.379. The van der Waals surface area contributed by atoms with E-state index in [0.29, 0.717) is 28.9 Å². The van der Waals surface area contributed by atoms with E-state index in [0.717, 1.165) is 36.4 Å². The number of aromatic nitrogens is 3. The Bertz CT molecular complexity index is 1530. The maximum Gasteiger partial charge on any atom is 0.396 e. The third-order valence-electron chi connectivity index (χ3n) is 7.32. The van der Waals surface area contributed by atoms with E-state index in [1.807, 2.05) is 19.2 Å². The lowest BCUT2D eigenvalue weighted by Crippen LogP contribution is -2.38. The topological polar surface area (TPSA) is 72.2 Å². The van der Waals surface area contributed by atoms with Crippen LogP contribution in [0, 0.1) is 24.0 Å². The first-order valence-corrected chi connectivity index (χ1v) is 12.7. The first kappa shape index (κ1) is 29.4. The van der Waals surface area contributed by atoms with Gasteiger partial charge in [0.1, 0.15) is 6.10 Å². The van der Waals surface area contributed by atoms with Gasteiger partial charge in [0.25, 0.3) is 0 Å². The van der Waals surface area contributed by atoms with Crippen LogP contribution in [0.4, 0.5) is 22.0 Å². The zero-order chi connectivity index (χ0) is 29.4. The number of hydrogen-bond donors (Lipinski definition) is 2. The lowest BCUT2D eigenvalue weighted by Gasteiger charge is -2.32. The van der Waals surface area contributed by atoms with Crippen molar-refractivity contribution in [2.45, 2.75) is 46.0 Å². The Hall–Kier alpha value is -3.57. The van der Waals surface area contributed by atoms with Gasteiger partial charge in [-0.1, -0.05) is 6.07 Å². The molecule has 0 radical (unpaired) electrons. The highest BCUT2D eigenvalue weighted by Gasteiger charge is 2.53. The molecule has 0 aliphatic carbocycles. The van der Waals surface area contributed by atoms with Gasteiger partial charge in [-0.25, -0.2) is 4.39 Å². The Kier molecular flexibility index (Phi) is 8.18. The van der Waals surface area contributed by atoms with Crippen LogP contribution in [0.15, 0.2) is 42.6 Å². The molecule has 0 spiro atoms. The lowest BCUT2D eigenvalue weighted by molar-refractivity contribution is -0.243. The molecule has 6 nitrogen and oxygen atoms in total. The first-order chi connectivity index (χ1) is 18.8. The molecule has 1 unspecified atom stereocenters. The van der Waals surface area contributed by atoms with Gasteiger partial charge >= 0.3 is 6.18 Å². The SMILES string of the molecule is CNCc1ccnc2ccc(-c3ccc(F)c(F)c3OCCc3c(C(O)C(C)(C)C(F)(F)F)nn(C)c3C)cc12. The van der Waals surface area contributed by atoms with E-state index in [2.05, 4.69) is 15.4 Å². The van der Waals surface area contributed by atoms with Crippen LogP contribution in [0.3, 0.4) is 0 Å². The van der Waals surface area contributed by atoms with E-state index in [9.17, 15) is 22.7 Å². The predicted molar refractivity (Wildman–Crippen MR) is 142 cm³/mol. The smallest absolute Gasteiger partial charge is 0.396 e. The van der Waals surface area contributed by atoms with Gasteiger partial charge in [-0.05, 0) is 69.3 Å². The summed E-state index contributed by atoms with van der Waals surface area (Å²) in [5, 5.41) is 18.7. The van der Waals surface area contributed by atoms with Gasteiger partial charge in [0.05, 0.1) is 23.2 Å². The van der Waals surface area contributed by atoms with Gasteiger partial charge in [0.15, 0.2) is 11.6 Å². The van der Waals surface area contributed by atoms with Crippen LogP contribution in [0.1, 0.15) is 42.5 Å². The second-order valence-electron chi connectivity index (χ2n) is 10.3. The largest absolute Gasteiger partial charge is 0.489 e. The summed E-state index contributed by atoms with van der Waals surface area (Å²) >= 11 is 0. The number of fused-ring (bicyclic) bond motifs is 1. The summed E-state index contributed by atoms with van der Waals surface area (Å²) in [5.41, 5.74) is 0.857. The third kappa shape index (κ3) is 5.40. The monoisotopic (exact) mass is 562 g/mol. The molecular weight excluding hydrogens is 531 g/mol. The molecule has 2 heterocycles. The van der Waals surface area contributed by atoms with Crippen molar-refractivity contribution < 1.29 is 31.8 Å². The number of aryl methyl sites for hydroxylation is 1. The minimum Gasteiger partial charge on any atom is -0.489 e. The number of aliphatic hydroxyl groups is 1. The van der Waals surface area contributed by atoms with Crippen LogP contribution in [-0.2, 0) is 20.0 Å². The number of hydrogen-bond acceptors (Lipinski definition) is 5. The molecule has 214 valence electrons. The summed E-state index contributed by atoms with van der Waals surface area (Å²) in [6.07, 6.45) is -4.93. The summed E-state index contributed by atoms with van der Waals surface area (Å²) in [5.74, 6) is -2.60. The highest BCUT2D eigenvalue weighted by atomic mass is 19.4. The van der Waals surface area contributed by atoms with E-state index >= 15 is 4.39 Å². The standard InChI is InChI=1S/C29H31F5N4O2/c1-16-19(25(37-38(16)5)27(39)28(2,3)29(32,33)34)11-13-40-26-20(7-8-22(30)24(26)31)17-6-9-23-21(14-17)18(15-35-4)10-12-36-23/h6-10,12,14,27,35,39H,11,13,15H2,1-5H3. The molecule has 0 saturated heterocycles. The first-order valence-electron chi connectivity index (χ1n) is 12.7. The molecule has 40 heavy (non-hydrogen) atoms. The molecule has 11 heteroatoms. The molecule has 2 aromatic carbocycles. The maximum atomic E-state index is 15.1. The zero-order valence-corrected chi connectivity index (χ0v) is 22.8. The number of nitrogens with zero attached hydrogens (tertiary/aromatic N) is 3. The zero-order valence-electron chi connectivity index (χ0n) is 22.8. The Morgan fingerprint density at radius 2 is 1.82 bits per heavy atom. The van der Waals surface area contributed by atoms with Gasteiger partial charge in [0.2, 0.25) is 5.82 Å². The molecule has 0 bridgehead atoms. The number of alkyl halides is 3. The number of halogens is 5. The quantitative estimate of drug-likeness (QED) is 0.238. The fourth-order valence-corrected chi connectivity index (χ4v) is 4.57. The van der Waals surface area contributed by atoms with Crippen LogP contribution >= 0.6 is 0 Å². The average molecular weight is 563 g/mol. The average Bonchev–Trinajstić information content (AvgIpc) is 3.18. The summed E-state index contributed by atoms with van der Waals surface area (Å²) in [6.45, 7) is 3.83. The second kappa shape index (κ2) is 11.1. The number of aliphatic hydroxyl groups excluding tert-OH is 1. The van der Waals surface area contributed by atoms with E-state index < -0.39 is 29.3 Å². The molecule has 4 aromatic rings. The molecule has 2 N–H and O–H groups in total. The second-order valence-corrected chi connectivity index (χ2v) is 10.3. The van der Waals surface area contributed by atoms with E-state index in [-0.39, 0.29) is 24.5 Å². The van der Waals surface area contributed by atoms with Gasteiger partial charge in [0, 0.05) is 48.4 Å². The van der Waals surface area contributed by atoms with Crippen molar-refractivity contribution in [2.75, 3.05) is 13.7 Å². The van der Waals surface area contributed by atoms with Crippen molar-refractivity contribution in [1.29, 1.82) is 0 Å². The van der Waals surface area contributed by atoms with E-state index in [1.54, 1.807) is 32.3 Å². The minimum atomic E-state index is -4.69. The molecule has 1 atom stereocenters. The summed E-state index contributed by atoms with van der Waals surface area (Å²) in [4.78, 5) is 4.37. The molecule has 2 aromatic heterocycles. The Morgan fingerprint density at radius 1 is 1.10 bits per heavy atom. The summed E-state index contributed by atoms with van der Waals surface area (Å²) in [6, 6.07) is 9.64. The predicted octanol–water partition coefficient (Wildman–Crippen LogP) is 6.18. The number of ether oxygens (including phenoxy) is 1. The van der Waals surface area contributed by atoms with Crippen molar-refractivity contribution in [2.24, 2.45) is 12.5 Å². The molecule has 0 fully saturated rings. The Morgan fingerprint density at radius 3 is 2.50 bits per heavy atom. The third-order valence-corrected chi connectivity index (χ3v) is 7.32. The number of pyridine rings is 1. The summed E-state index contributed by atoms with van der Waals surface area (Å²) in [7, 11) is 3.37.